The number of carbonyl (C=O) groups is 1. The van der Waals surface area contributed by atoms with Crippen LogP contribution in [0.25, 0.3) is 0 Å². The normalized spacial score (nSPS) is 8.89. The van der Waals surface area contributed by atoms with E-state index in [0.29, 0.717) is 13.0 Å². The average Bonchev–Trinajstić information content (AvgIpc) is 2.34. The highest BCUT2D eigenvalue weighted by molar-refractivity contribution is 7.09. The molecule has 0 atom stereocenters. The van der Waals surface area contributed by atoms with Crippen LogP contribution in [0.15, 0.2) is 11.6 Å². The Morgan fingerprint density at radius 2 is 2.78 bits per heavy atom. The molecule has 0 aromatic carbocycles. The van der Waals surface area contributed by atoms with Crippen LogP contribution in [-0.4, -0.2) is 11.4 Å². The van der Waals surface area contributed by atoms with Crippen molar-refractivity contribution < 1.29 is 4.79 Å². The van der Waals surface area contributed by atoms with Crippen LogP contribution in [0, 0.1) is 0 Å². The lowest BCUT2D eigenvalue weighted by molar-refractivity contribution is -0.109. The number of thiazole rings is 1. The fourth-order valence-corrected chi connectivity index (χ4v) is 1.04. The van der Waals surface area contributed by atoms with Crippen molar-refractivity contribution in [3.05, 3.63) is 16.6 Å². The Hall–Kier alpha value is -0.900. The van der Waals surface area contributed by atoms with E-state index < -0.39 is 0 Å². The summed E-state index contributed by atoms with van der Waals surface area (Å²) in [7, 11) is 0. The molecule has 3 nitrogen and oxygen atoms in total. The Kier molecular flexibility index (Phi) is 2.21. The van der Waals surface area contributed by atoms with Crippen LogP contribution in [0.5, 0.6) is 0 Å². The van der Waals surface area contributed by atoms with Gasteiger partial charge < -0.3 is 5.32 Å². The van der Waals surface area contributed by atoms with Crippen LogP contribution in [0.3, 0.4) is 0 Å². The van der Waals surface area contributed by atoms with Crippen LogP contribution >= 0.6 is 11.3 Å². The third-order valence-corrected chi connectivity index (χ3v) is 1.60. The van der Waals surface area contributed by atoms with E-state index in [1.807, 2.05) is 5.38 Å². The van der Waals surface area contributed by atoms with E-state index in [-0.39, 0.29) is 0 Å². The summed E-state index contributed by atoms with van der Waals surface area (Å²) >= 11 is 1.53. The van der Waals surface area contributed by atoms with Gasteiger partial charge in [0, 0.05) is 11.6 Å². The van der Waals surface area contributed by atoms with Crippen molar-refractivity contribution >= 4 is 17.7 Å². The Balaban J connectivity index is 2.38. The maximum absolute atomic E-state index is 9.77. The predicted molar refractivity (Wildman–Crippen MR) is 35.0 cm³/mol. The van der Waals surface area contributed by atoms with Gasteiger partial charge in [0.2, 0.25) is 6.41 Å². The Bertz CT molecular complexity index is 173. The van der Waals surface area contributed by atoms with Gasteiger partial charge in [-0.1, -0.05) is 0 Å². The van der Waals surface area contributed by atoms with E-state index in [9.17, 15) is 4.79 Å². The number of nitrogens with zero attached hydrogens (tertiary/aromatic N) is 1. The summed E-state index contributed by atoms with van der Waals surface area (Å²) in [5.41, 5.74) is 0. The first-order chi connectivity index (χ1) is 4.43. The fourth-order valence-electron chi connectivity index (χ4n) is 0.469. The zero-order valence-corrected chi connectivity index (χ0v) is 5.52. The summed E-state index contributed by atoms with van der Waals surface area (Å²) in [5.74, 6) is 0. The minimum atomic E-state index is 0.543. The molecule has 0 fully saturated rings. The van der Waals surface area contributed by atoms with Gasteiger partial charge in [0.05, 0.1) is 6.54 Å². The molecule has 0 aliphatic rings. The molecule has 1 amide bonds. The van der Waals surface area contributed by atoms with E-state index in [1.54, 1.807) is 6.20 Å². The summed E-state index contributed by atoms with van der Waals surface area (Å²) < 4.78 is 0. The molecular formula is C5H6N2OS. The van der Waals surface area contributed by atoms with E-state index in [0.717, 1.165) is 5.01 Å². The number of rotatable bonds is 3. The third kappa shape index (κ3) is 1.81. The number of carbonyl (C=O) groups excluding carboxylic acids is 1. The molecule has 1 N–H and O–H groups in total. The molecule has 0 radical (unpaired) electrons. The van der Waals surface area contributed by atoms with Gasteiger partial charge in [-0.05, 0) is 0 Å². The zero-order valence-electron chi connectivity index (χ0n) is 4.70. The van der Waals surface area contributed by atoms with Crippen molar-refractivity contribution in [2.45, 2.75) is 6.54 Å². The molecule has 0 aliphatic heterocycles. The molecule has 1 aromatic heterocycles. The highest BCUT2D eigenvalue weighted by Crippen LogP contribution is 2.01. The van der Waals surface area contributed by atoms with Crippen LogP contribution in [0.4, 0.5) is 0 Å². The second-order valence-electron chi connectivity index (χ2n) is 1.42. The molecule has 0 spiro atoms. The van der Waals surface area contributed by atoms with E-state index >= 15 is 0 Å². The van der Waals surface area contributed by atoms with Gasteiger partial charge in [-0.25, -0.2) is 4.98 Å². The molecular weight excluding hydrogens is 136 g/mol. The summed E-state index contributed by atoms with van der Waals surface area (Å²) in [6.45, 7) is 0.543. The largest absolute Gasteiger partial charge is 0.352 e. The maximum atomic E-state index is 9.77. The molecule has 0 aliphatic carbocycles. The first-order valence-electron chi connectivity index (χ1n) is 2.49. The summed E-state index contributed by atoms with van der Waals surface area (Å²) in [6, 6.07) is 0. The molecule has 9 heavy (non-hydrogen) atoms. The first kappa shape index (κ1) is 6.22. The van der Waals surface area contributed by atoms with E-state index in [2.05, 4.69) is 10.3 Å². The number of hydrogen-bond acceptors (Lipinski definition) is 3. The Morgan fingerprint density at radius 1 is 1.89 bits per heavy atom. The summed E-state index contributed by atoms with van der Waals surface area (Å²) in [4.78, 5) is 13.7. The standard InChI is InChI=1S/C5H6N2OS/c8-4-6-3-5-7-1-2-9-5/h1-2,4H,3H2,(H,6,8). The maximum Gasteiger partial charge on any atom is 0.207 e. The quantitative estimate of drug-likeness (QED) is 0.620. The highest BCUT2D eigenvalue weighted by Gasteiger charge is 1.89. The number of amides is 1. The lowest BCUT2D eigenvalue weighted by Gasteiger charge is -1.88. The van der Waals surface area contributed by atoms with Gasteiger partial charge in [-0.2, -0.15) is 0 Å². The monoisotopic (exact) mass is 142 g/mol. The molecule has 0 unspecified atom stereocenters. The minimum absolute atomic E-state index is 0.543. The van der Waals surface area contributed by atoms with Gasteiger partial charge in [-0.15, -0.1) is 11.3 Å². The van der Waals surface area contributed by atoms with Crippen LogP contribution in [-0.2, 0) is 11.3 Å². The predicted octanol–water partition coefficient (Wildman–Crippen LogP) is 0.389. The number of aromatic nitrogens is 1. The lowest BCUT2D eigenvalue weighted by atomic mass is 10.7. The van der Waals surface area contributed by atoms with E-state index in [1.165, 1.54) is 11.3 Å². The van der Waals surface area contributed by atoms with Crippen molar-refractivity contribution in [2.24, 2.45) is 0 Å². The van der Waals surface area contributed by atoms with Gasteiger partial charge in [0.15, 0.2) is 0 Å². The fraction of sp³-hybridized carbons (Fsp3) is 0.200. The third-order valence-electron chi connectivity index (χ3n) is 0.820. The molecule has 0 saturated carbocycles. The molecule has 0 bridgehead atoms. The van der Waals surface area contributed by atoms with Gasteiger partial charge in [-0.3, -0.25) is 4.79 Å². The van der Waals surface area contributed by atoms with Crippen molar-refractivity contribution in [3.63, 3.8) is 0 Å². The lowest BCUT2D eigenvalue weighted by Crippen LogP contribution is -2.08. The SMILES string of the molecule is O=CNCc1nccs1. The highest BCUT2D eigenvalue weighted by atomic mass is 32.1. The van der Waals surface area contributed by atoms with Crippen LogP contribution in [0.1, 0.15) is 5.01 Å². The van der Waals surface area contributed by atoms with Crippen molar-refractivity contribution in [1.29, 1.82) is 0 Å². The van der Waals surface area contributed by atoms with Crippen LogP contribution < -0.4 is 5.32 Å². The molecule has 1 heterocycles. The van der Waals surface area contributed by atoms with E-state index in [4.69, 9.17) is 0 Å². The molecule has 1 rings (SSSR count). The zero-order chi connectivity index (χ0) is 6.53. The number of hydrogen-bond donors (Lipinski definition) is 1. The van der Waals surface area contributed by atoms with Crippen molar-refractivity contribution in [2.75, 3.05) is 0 Å². The van der Waals surface area contributed by atoms with Gasteiger partial charge >= 0.3 is 0 Å². The topological polar surface area (TPSA) is 42.0 Å². The van der Waals surface area contributed by atoms with Gasteiger partial charge in [0.1, 0.15) is 5.01 Å². The minimum Gasteiger partial charge on any atom is -0.352 e. The number of nitrogens with one attached hydrogen (secondary N) is 1. The van der Waals surface area contributed by atoms with Gasteiger partial charge in [0.25, 0.3) is 0 Å². The molecule has 4 heteroatoms. The summed E-state index contributed by atoms with van der Waals surface area (Å²) in [5, 5.41) is 5.33. The summed E-state index contributed by atoms with van der Waals surface area (Å²) in [6.07, 6.45) is 2.38. The Labute approximate surface area is 56.7 Å². The van der Waals surface area contributed by atoms with Crippen molar-refractivity contribution in [3.8, 4) is 0 Å². The Morgan fingerprint density at radius 3 is 3.33 bits per heavy atom. The second-order valence-corrected chi connectivity index (χ2v) is 2.40. The second kappa shape index (κ2) is 3.19. The molecule has 48 valence electrons. The molecule has 1 aromatic rings. The van der Waals surface area contributed by atoms with Crippen molar-refractivity contribution in [1.82, 2.24) is 10.3 Å². The van der Waals surface area contributed by atoms with Crippen LogP contribution in [0.2, 0.25) is 0 Å². The smallest absolute Gasteiger partial charge is 0.207 e. The first-order valence-corrected chi connectivity index (χ1v) is 3.37. The molecule has 0 saturated heterocycles. The average molecular weight is 142 g/mol.